The van der Waals surface area contributed by atoms with Crippen LogP contribution in [0.25, 0.3) is 5.69 Å². The lowest BCUT2D eigenvalue weighted by atomic mass is 10.2. The van der Waals surface area contributed by atoms with Crippen LogP contribution in [0.2, 0.25) is 0 Å². The van der Waals surface area contributed by atoms with Crippen molar-refractivity contribution in [1.29, 1.82) is 0 Å². The molecule has 0 saturated carbocycles. The summed E-state index contributed by atoms with van der Waals surface area (Å²) in [5.74, 6) is 0.157. The Kier molecular flexibility index (Phi) is 3.16. The second-order valence-corrected chi connectivity index (χ2v) is 3.68. The number of hydrogen-bond donors (Lipinski definition) is 2. The van der Waals surface area contributed by atoms with Gasteiger partial charge in [0.05, 0.1) is 11.3 Å². The molecule has 3 N–H and O–H groups in total. The van der Waals surface area contributed by atoms with Gasteiger partial charge >= 0.3 is 12.2 Å². The Bertz CT molecular complexity index is 606. The van der Waals surface area contributed by atoms with E-state index in [1.807, 2.05) is 0 Å². The summed E-state index contributed by atoms with van der Waals surface area (Å²) in [7, 11) is 0. The zero-order chi connectivity index (χ0) is 14.0. The fraction of sp³-hybridized carbons (Fsp3) is 0.0909. The number of primary amides is 1. The van der Waals surface area contributed by atoms with Crippen LogP contribution in [0, 0.1) is 0 Å². The Balaban J connectivity index is 2.32. The van der Waals surface area contributed by atoms with Crippen molar-refractivity contribution < 1.29 is 18.0 Å². The summed E-state index contributed by atoms with van der Waals surface area (Å²) in [5, 5.41) is 6.11. The van der Waals surface area contributed by atoms with Gasteiger partial charge in [0.15, 0.2) is 5.82 Å². The fourth-order valence-electron chi connectivity index (χ4n) is 1.49. The number of anilines is 1. The number of carbonyl (C=O) groups is 1. The zero-order valence-electron chi connectivity index (χ0n) is 9.48. The summed E-state index contributed by atoms with van der Waals surface area (Å²) in [4.78, 5) is 10.6. The molecule has 0 aliphatic heterocycles. The lowest BCUT2D eigenvalue weighted by molar-refractivity contribution is -0.137. The van der Waals surface area contributed by atoms with Gasteiger partial charge in [0.25, 0.3) is 0 Å². The lowest BCUT2D eigenvalue weighted by Gasteiger charge is -2.08. The van der Waals surface area contributed by atoms with Gasteiger partial charge in [-0.05, 0) is 18.2 Å². The number of rotatable bonds is 2. The molecule has 2 amide bonds. The Hall–Kier alpha value is -2.51. The van der Waals surface area contributed by atoms with E-state index < -0.39 is 17.8 Å². The maximum atomic E-state index is 12.6. The fourth-order valence-corrected chi connectivity index (χ4v) is 1.49. The second-order valence-electron chi connectivity index (χ2n) is 3.68. The number of hydrogen-bond acceptors (Lipinski definition) is 2. The third-order valence-corrected chi connectivity index (χ3v) is 2.28. The van der Waals surface area contributed by atoms with Crippen LogP contribution in [-0.4, -0.2) is 15.8 Å². The van der Waals surface area contributed by atoms with Crippen molar-refractivity contribution >= 4 is 11.8 Å². The number of aromatic nitrogens is 2. The molecule has 1 heterocycles. The number of amides is 2. The van der Waals surface area contributed by atoms with E-state index in [4.69, 9.17) is 5.73 Å². The van der Waals surface area contributed by atoms with E-state index in [-0.39, 0.29) is 11.5 Å². The van der Waals surface area contributed by atoms with E-state index in [1.54, 1.807) is 0 Å². The molecule has 0 spiro atoms. The summed E-state index contributed by atoms with van der Waals surface area (Å²) < 4.78 is 38.9. The van der Waals surface area contributed by atoms with Crippen molar-refractivity contribution in [3.63, 3.8) is 0 Å². The molecule has 0 radical (unpaired) electrons. The Labute approximate surface area is 105 Å². The average Bonchev–Trinajstić information content (AvgIpc) is 2.76. The zero-order valence-corrected chi connectivity index (χ0v) is 9.48. The maximum Gasteiger partial charge on any atom is 0.416 e. The maximum absolute atomic E-state index is 12.6. The number of halogens is 3. The summed E-state index contributed by atoms with van der Waals surface area (Å²) in [6.45, 7) is 0. The molecule has 19 heavy (non-hydrogen) atoms. The second kappa shape index (κ2) is 4.63. The molecule has 0 atom stereocenters. The number of nitrogens with two attached hydrogens (primary N) is 1. The Morgan fingerprint density at radius 1 is 1.32 bits per heavy atom. The predicted molar refractivity (Wildman–Crippen MR) is 61.8 cm³/mol. The molecule has 5 nitrogen and oxygen atoms in total. The van der Waals surface area contributed by atoms with Crippen LogP contribution in [0.15, 0.2) is 36.5 Å². The molecule has 0 saturated heterocycles. The van der Waals surface area contributed by atoms with Gasteiger partial charge in [-0.15, -0.1) is 5.10 Å². The van der Waals surface area contributed by atoms with Gasteiger partial charge < -0.3 is 5.73 Å². The van der Waals surface area contributed by atoms with Crippen molar-refractivity contribution in [2.24, 2.45) is 5.73 Å². The minimum absolute atomic E-state index is 0.157. The number of urea groups is 1. The van der Waals surface area contributed by atoms with Crippen LogP contribution in [-0.2, 0) is 6.18 Å². The molecule has 0 fully saturated rings. The monoisotopic (exact) mass is 270 g/mol. The van der Waals surface area contributed by atoms with Gasteiger partial charge in [-0.1, -0.05) is 6.07 Å². The van der Waals surface area contributed by atoms with E-state index in [9.17, 15) is 18.0 Å². The molecule has 2 aromatic rings. The first kappa shape index (κ1) is 12.9. The van der Waals surface area contributed by atoms with Crippen LogP contribution < -0.4 is 11.1 Å². The minimum atomic E-state index is -4.42. The first-order chi connectivity index (χ1) is 8.86. The molecule has 100 valence electrons. The molecule has 0 aliphatic carbocycles. The minimum Gasteiger partial charge on any atom is -0.351 e. The standard InChI is InChI=1S/C11H9F3N4O/c12-11(13,14)7-2-1-3-8(6-7)18-5-4-9(17-18)16-10(15)19/h1-6H,(H3,15,16,17,19). The Morgan fingerprint density at radius 3 is 2.68 bits per heavy atom. The summed E-state index contributed by atoms with van der Waals surface area (Å²) in [6.07, 6.45) is -3.00. The van der Waals surface area contributed by atoms with E-state index >= 15 is 0 Å². The number of nitrogens with one attached hydrogen (secondary N) is 1. The SMILES string of the molecule is NC(=O)Nc1ccn(-c2cccc(C(F)(F)F)c2)n1. The van der Waals surface area contributed by atoms with Gasteiger partial charge in [0, 0.05) is 12.3 Å². The van der Waals surface area contributed by atoms with Crippen molar-refractivity contribution in [3.8, 4) is 5.69 Å². The molecule has 1 aromatic heterocycles. The third kappa shape index (κ3) is 3.03. The van der Waals surface area contributed by atoms with Crippen LogP contribution in [0.5, 0.6) is 0 Å². The van der Waals surface area contributed by atoms with Gasteiger partial charge in [-0.25, -0.2) is 9.48 Å². The largest absolute Gasteiger partial charge is 0.416 e. The van der Waals surface area contributed by atoms with E-state index in [0.29, 0.717) is 0 Å². The molecule has 0 unspecified atom stereocenters. The van der Waals surface area contributed by atoms with Gasteiger partial charge in [0.2, 0.25) is 0 Å². The number of benzene rings is 1. The number of alkyl halides is 3. The summed E-state index contributed by atoms with van der Waals surface area (Å²) in [6, 6.07) is 5.30. The summed E-state index contributed by atoms with van der Waals surface area (Å²) in [5.41, 5.74) is 4.36. The molecule has 1 aromatic carbocycles. The average molecular weight is 270 g/mol. The van der Waals surface area contributed by atoms with Crippen molar-refractivity contribution in [2.75, 3.05) is 5.32 Å². The van der Waals surface area contributed by atoms with Crippen LogP contribution >= 0.6 is 0 Å². The highest BCUT2D eigenvalue weighted by Crippen LogP contribution is 2.30. The Morgan fingerprint density at radius 2 is 2.05 bits per heavy atom. The normalized spacial score (nSPS) is 11.3. The van der Waals surface area contributed by atoms with Gasteiger partial charge in [-0.2, -0.15) is 13.2 Å². The van der Waals surface area contributed by atoms with Crippen LogP contribution in [0.3, 0.4) is 0 Å². The third-order valence-electron chi connectivity index (χ3n) is 2.28. The molecular weight excluding hydrogens is 261 g/mol. The molecule has 8 heteroatoms. The highest BCUT2D eigenvalue weighted by Gasteiger charge is 2.30. The highest BCUT2D eigenvalue weighted by atomic mass is 19.4. The van der Waals surface area contributed by atoms with E-state index in [2.05, 4.69) is 10.4 Å². The van der Waals surface area contributed by atoms with E-state index in [1.165, 1.54) is 29.1 Å². The first-order valence-electron chi connectivity index (χ1n) is 5.16. The molecule has 2 rings (SSSR count). The molecular formula is C11H9F3N4O. The lowest BCUT2D eigenvalue weighted by Crippen LogP contribution is -2.19. The van der Waals surface area contributed by atoms with Crippen LogP contribution in [0.4, 0.5) is 23.8 Å². The smallest absolute Gasteiger partial charge is 0.351 e. The van der Waals surface area contributed by atoms with Crippen molar-refractivity contribution in [3.05, 3.63) is 42.1 Å². The number of carbonyl (C=O) groups excluding carboxylic acids is 1. The van der Waals surface area contributed by atoms with Crippen LogP contribution in [0.1, 0.15) is 5.56 Å². The van der Waals surface area contributed by atoms with Gasteiger partial charge in [0.1, 0.15) is 0 Å². The highest BCUT2D eigenvalue weighted by molar-refractivity contribution is 5.86. The van der Waals surface area contributed by atoms with E-state index in [0.717, 1.165) is 12.1 Å². The number of nitrogens with zero attached hydrogens (tertiary/aromatic N) is 2. The molecule has 0 bridgehead atoms. The summed E-state index contributed by atoms with van der Waals surface area (Å²) >= 11 is 0. The predicted octanol–water partition coefficient (Wildman–Crippen LogP) is 2.38. The quantitative estimate of drug-likeness (QED) is 0.879. The van der Waals surface area contributed by atoms with Gasteiger partial charge in [-0.3, -0.25) is 5.32 Å². The van der Waals surface area contributed by atoms with Crippen molar-refractivity contribution in [1.82, 2.24) is 9.78 Å². The van der Waals surface area contributed by atoms with Crippen molar-refractivity contribution in [2.45, 2.75) is 6.18 Å². The first-order valence-corrected chi connectivity index (χ1v) is 5.16. The molecule has 0 aliphatic rings. The topological polar surface area (TPSA) is 72.9 Å².